The number of aromatic nitrogens is 1. The van der Waals surface area contributed by atoms with E-state index in [9.17, 15) is 0 Å². The molecular formula is C11H10BrNO2. The SMILES string of the molecule is Cc1cccc(-c2ocnc2CO)c1Br. The van der Waals surface area contributed by atoms with Crippen molar-refractivity contribution < 1.29 is 9.52 Å². The summed E-state index contributed by atoms with van der Waals surface area (Å²) >= 11 is 3.50. The van der Waals surface area contributed by atoms with Crippen LogP contribution in [0, 0.1) is 6.92 Å². The molecule has 2 rings (SSSR count). The van der Waals surface area contributed by atoms with Gasteiger partial charge in [0, 0.05) is 10.0 Å². The second-order valence-corrected chi connectivity index (χ2v) is 4.02. The molecule has 0 saturated heterocycles. The van der Waals surface area contributed by atoms with Crippen LogP contribution in [-0.4, -0.2) is 10.1 Å². The summed E-state index contributed by atoms with van der Waals surface area (Å²) in [6, 6.07) is 5.87. The first-order chi connectivity index (χ1) is 7.24. The predicted molar refractivity (Wildman–Crippen MR) is 60.3 cm³/mol. The lowest BCUT2D eigenvalue weighted by Gasteiger charge is -2.04. The Bertz CT molecular complexity index is 479. The summed E-state index contributed by atoms with van der Waals surface area (Å²) in [5.41, 5.74) is 2.59. The van der Waals surface area contributed by atoms with E-state index in [1.807, 2.05) is 25.1 Å². The molecule has 1 aromatic heterocycles. The molecule has 0 saturated carbocycles. The van der Waals surface area contributed by atoms with Gasteiger partial charge in [-0.3, -0.25) is 0 Å². The first-order valence-corrected chi connectivity index (χ1v) is 5.32. The Morgan fingerprint density at radius 3 is 3.00 bits per heavy atom. The van der Waals surface area contributed by atoms with Gasteiger partial charge in [-0.1, -0.05) is 18.2 Å². The molecule has 0 aliphatic heterocycles. The lowest BCUT2D eigenvalue weighted by atomic mass is 10.1. The number of benzene rings is 1. The number of halogens is 1. The van der Waals surface area contributed by atoms with Crippen molar-refractivity contribution in [3.63, 3.8) is 0 Å². The van der Waals surface area contributed by atoms with Crippen LogP contribution >= 0.6 is 15.9 Å². The molecule has 0 aliphatic rings. The molecule has 1 N–H and O–H groups in total. The fraction of sp³-hybridized carbons (Fsp3) is 0.182. The summed E-state index contributed by atoms with van der Waals surface area (Å²) in [6.07, 6.45) is 1.34. The van der Waals surface area contributed by atoms with Crippen molar-refractivity contribution in [3.05, 3.63) is 40.3 Å². The molecule has 78 valence electrons. The Hall–Kier alpha value is -1.13. The molecule has 0 aliphatic carbocycles. The van der Waals surface area contributed by atoms with Gasteiger partial charge in [-0.15, -0.1) is 0 Å². The second kappa shape index (κ2) is 4.16. The number of hydrogen-bond acceptors (Lipinski definition) is 3. The quantitative estimate of drug-likeness (QED) is 0.910. The number of oxazole rings is 1. The lowest BCUT2D eigenvalue weighted by Crippen LogP contribution is -1.88. The van der Waals surface area contributed by atoms with Gasteiger partial charge < -0.3 is 9.52 Å². The van der Waals surface area contributed by atoms with Crippen LogP contribution < -0.4 is 0 Å². The monoisotopic (exact) mass is 267 g/mol. The molecule has 0 bridgehead atoms. The van der Waals surface area contributed by atoms with Crippen molar-refractivity contribution in [2.45, 2.75) is 13.5 Å². The van der Waals surface area contributed by atoms with E-state index < -0.39 is 0 Å². The Morgan fingerprint density at radius 1 is 1.47 bits per heavy atom. The average Bonchev–Trinajstić information content (AvgIpc) is 2.70. The zero-order valence-electron chi connectivity index (χ0n) is 8.20. The van der Waals surface area contributed by atoms with Gasteiger partial charge in [-0.05, 0) is 28.4 Å². The summed E-state index contributed by atoms with van der Waals surface area (Å²) in [6.45, 7) is 1.88. The van der Waals surface area contributed by atoms with Gasteiger partial charge >= 0.3 is 0 Å². The number of aryl methyl sites for hydroxylation is 1. The van der Waals surface area contributed by atoms with Gasteiger partial charge in [-0.25, -0.2) is 4.98 Å². The molecule has 15 heavy (non-hydrogen) atoms. The largest absolute Gasteiger partial charge is 0.443 e. The van der Waals surface area contributed by atoms with Crippen LogP contribution in [0.5, 0.6) is 0 Å². The van der Waals surface area contributed by atoms with Crippen LogP contribution in [0.3, 0.4) is 0 Å². The van der Waals surface area contributed by atoms with Gasteiger partial charge in [0.15, 0.2) is 12.2 Å². The molecule has 0 radical (unpaired) electrons. The predicted octanol–water partition coefficient (Wildman–Crippen LogP) is 2.90. The third-order valence-electron chi connectivity index (χ3n) is 2.23. The second-order valence-electron chi connectivity index (χ2n) is 3.22. The standard InChI is InChI=1S/C11H10BrNO2/c1-7-3-2-4-8(10(7)12)11-9(5-14)13-6-15-11/h2-4,6,14H,5H2,1H3. The van der Waals surface area contributed by atoms with E-state index in [1.54, 1.807) is 0 Å². The smallest absolute Gasteiger partial charge is 0.181 e. The highest BCUT2D eigenvalue weighted by atomic mass is 79.9. The van der Waals surface area contributed by atoms with Gasteiger partial charge in [0.05, 0.1) is 6.61 Å². The van der Waals surface area contributed by atoms with Gasteiger partial charge in [0.1, 0.15) is 5.69 Å². The molecule has 4 heteroatoms. The van der Waals surface area contributed by atoms with Gasteiger partial charge in [0.2, 0.25) is 0 Å². The van der Waals surface area contributed by atoms with Gasteiger partial charge in [-0.2, -0.15) is 0 Å². The lowest BCUT2D eigenvalue weighted by molar-refractivity contribution is 0.277. The number of hydrogen-bond donors (Lipinski definition) is 1. The van der Waals surface area contributed by atoms with Crippen molar-refractivity contribution in [2.24, 2.45) is 0 Å². The van der Waals surface area contributed by atoms with E-state index >= 15 is 0 Å². The molecule has 0 unspecified atom stereocenters. The van der Waals surface area contributed by atoms with Crippen LogP contribution in [0.25, 0.3) is 11.3 Å². The Balaban J connectivity index is 2.59. The number of nitrogens with zero attached hydrogens (tertiary/aromatic N) is 1. The molecular weight excluding hydrogens is 258 g/mol. The number of aliphatic hydroxyl groups is 1. The molecule has 0 amide bonds. The molecule has 2 aromatic rings. The molecule has 1 heterocycles. The van der Waals surface area contributed by atoms with Crippen LogP contribution in [0.1, 0.15) is 11.3 Å². The van der Waals surface area contributed by atoms with Crippen molar-refractivity contribution in [1.29, 1.82) is 0 Å². The Morgan fingerprint density at radius 2 is 2.27 bits per heavy atom. The van der Waals surface area contributed by atoms with Crippen molar-refractivity contribution in [2.75, 3.05) is 0 Å². The topological polar surface area (TPSA) is 46.3 Å². The summed E-state index contributed by atoms with van der Waals surface area (Å²) in [7, 11) is 0. The van der Waals surface area contributed by atoms with E-state index in [0.29, 0.717) is 11.5 Å². The van der Waals surface area contributed by atoms with E-state index in [0.717, 1.165) is 15.6 Å². The van der Waals surface area contributed by atoms with E-state index in [-0.39, 0.29) is 6.61 Å². The fourth-order valence-corrected chi connectivity index (χ4v) is 1.87. The van der Waals surface area contributed by atoms with Crippen LogP contribution in [0.15, 0.2) is 33.5 Å². The third kappa shape index (κ3) is 1.82. The minimum absolute atomic E-state index is 0.119. The van der Waals surface area contributed by atoms with Crippen molar-refractivity contribution >= 4 is 15.9 Å². The number of rotatable bonds is 2. The first-order valence-electron chi connectivity index (χ1n) is 4.52. The normalized spacial score (nSPS) is 10.6. The Kier molecular flexibility index (Phi) is 2.88. The average molecular weight is 268 g/mol. The highest BCUT2D eigenvalue weighted by molar-refractivity contribution is 9.10. The highest BCUT2D eigenvalue weighted by Crippen LogP contribution is 2.32. The summed E-state index contributed by atoms with van der Waals surface area (Å²) in [4.78, 5) is 3.94. The minimum atomic E-state index is -0.119. The molecule has 3 nitrogen and oxygen atoms in total. The van der Waals surface area contributed by atoms with Crippen LogP contribution in [0.2, 0.25) is 0 Å². The first kappa shape index (κ1) is 10.4. The minimum Gasteiger partial charge on any atom is -0.443 e. The van der Waals surface area contributed by atoms with E-state index in [2.05, 4.69) is 20.9 Å². The van der Waals surface area contributed by atoms with Crippen molar-refractivity contribution in [3.8, 4) is 11.3 Å². The van der Waals surface area contributed by atoms with E-state index in [1.165, 1.54) is 6.39 Å². The molecule has 0 fully saturated rings. The maximum absolute atomic E-state index is 9.09. The summed E-state index contributed by atoms with van der Waals surface area (Å²) < 4.78 is 6.25. The maximum Gasteiger partial charge on any atom is 0.181 e. The third-order valence-corrected chi connectivity index (χ3v) is 3.28. The van der Waals surface area contributed by atoms with Crippen LogP contribution in [-0.2, 0) is 6.61 Å². The highest BCUT2D eigenvalue weighted by Gasteiger charge is 2.13. The summed E-state index contributed by atoms with van der Waals surface area (Å²) in [5, 5.41) is 9.09. The number of aliphatic hydroxyl groups excluding tert-OH is 1. The molecule has 0 spiro atoms. The Labute approximate surface area is 95.9 Å². The summed E-state index contributed by atoms with van der Waals surface area (Å²) in [5.74, 6) is 0.619. The zero-order chi connectivity index (χ0) is 10.8. The maximum atomic E-state index is 9.09. The van der Waals surface area contributed by atoms with Crippen molar-refractivity contribution in [1.82, 2.24) is 4.98 Å². The van der Waals surface area contributed by atoms with E-state index in [4.69, 9.17) is 9.52 Å². The molecule has 1 aromatic carbocycles. The van der Waals surface area contributed by atoms with Crippen LogP contribution in [0.4, 0.5) is 0 Å². The molecule has 0 atom stereocenters. The fourth-order valence-electron chi connectivity index (χ4n) is 1.42. The zero-order valence-corrected chi connectivity index (χ0v) is 9.78. The van der Waals surface area contributed by atoms with Gasteiger partial charge in [0.25, 0.3) is 0 Å².